The quantitative estimate of drug-likeness (QED) is 0.332. The molecule has 0 aliphatic carbocycles. The lowest BCUT2D eigenvalue weighted by molar-refractivity contribution is 0.549. The number of anilines is 5. The van der Waals surface area contributed by atoms with Crippen molar-refractivity contribution in [1.29, 1.82) is 0 Å². The Morgan fingerprint density at radius 1 is 1.25 bits per heavy atom. The summed E-state index contributed by atoms with van der Waals surface area (Å²) < 4.78 is 22.4. The Bertz CT molecular complexity index is 1130. The lowest BCUT2D eigenvalue weighted by Crippen LogP contribution is -2.24. The van der Waals surface area contributed by atoms with Crippen molar-refractivity contribution in [3.8, 4) is 0 Å². The molecule has 9 nitrogen and oxygen atoms in total. The summed E-state index contributed by atoms with van der Waals surface area (Å²) >= 11 is 4.22. The minimum absolute atomic E-state index is 0.206. The molecule has 1 atom stereocenters. The first-order valence-electron chi connectivity index (χ1n) is 10.0. The van der Waals surface area contributed by atoms with Crippen LogP contribution in [0, 0.1) is 0 Å². The number of nitrogens with one attached hydrogen (secondary N) is 4. The fourth-order valence-corrected chi connectivity index (χ4v) is 3.89. The maximum Gasteiger partial charge on any atom is 0.232 e. The zero-order chi connectivity index (χ0) is 22.5. The van der Waals surface area contributed by atoms with E-state index in [0.717, 1.165) is 36.6 Å². The van der Waals surface area contributed by atoms with E-state index >= 15 is 0 Å². The molecule has 11 heteroatoms. The van der Waals surface area contributed by atoms with Crippen LogP contribution in [0.5, 0.6) is 0 Å². The highest BCUT2D eigenvalue weighted by molar-refractivity contribution is 7.77. The monoisotopic (exact) mass is 473 g/mol. The third-order valence-electron chi connectivity index (χ3n) is 5.09. The van der Waals surface area contributed by atoms with Crippen LogP contribution in [0.2, 0.25) is 5.02 Å². The molecule has 2 aromatic carbocycles. The molecule has 1 unspecified atom stereocenters. The summed E-state index contributed by atoms with van der Waals surface area (Å²) in [5.41, 5.74) is 4.79. The molecule has 0 spiro atoms. The summed E-state index contributed by atoms with van der Waals surface area (Å²) in [6.45, 7) is 2.90. The predicted molar refractivity (Wildman–Crippen MR) is 129 cm³/mol. The van der Waals surface area contributed by atoms with Gasteiger partial charge in [0.25, 0.3) is 0 Å². The average molecular weight is 474 g/mol. The molecule has 0 saturated heterocycles. The second kappa shape index (κ2) is 10.2. The van der Waals surface area contributed by atoms with Crippen LogP contribution in [0.3, 0.4) is 0 Å². The van der Waals surface area contributed by atoms with E-state index in [0.29, 0.717) is 16.8 Å². The van der Waals surface area contributed by atoms with Gasteiger partial charge in [-0.3, -0.25) is 4.55 Å². The Labute approximate surface area is 194 Å². The molecule has 1 aliphatic rings. The molecular weight excluding hydrogens is 450 g/mol. The molecule has 2 heterocycles. The normalized spacial score (nSPS) is 14.4. The number of benzene rings is 2. The third kappa shape index (κ3) is 5.53. The van der Waals surface area contributed by atoms with Gasteiger partial charge in [-0.25, -0.2) is 13.9 Å². The van der Waals surface area contributed by atoms with Crippen LogP contribution in [0.1, 0.15) is 11.1 Å². The number of fused-ring (bicyclic) bond motifs is 1. The maximum absolute atomic E-state index is 11.0. The van der Waals surface area contributed by atoms with Crippen molar-refractivity contribution < 1.29 is 8.76 Å². The van der Waals surface area contributed by atoms with E-state index in [4.69, 9.17) is 16.2 Å². The number of aromatic nitrogens is 2. The highest BCUT2D eigenvalue weighted by Crippen LogP contribution is 2.29. The number of nitrogens with zero attached hydrogens (tertiary/aromatic N) is 3. The lowest BCUT2D eigenvalue weighted by atomic mass is 10.1. The van der Waals surface area contributed by atoms with Gasteiger partial charge in [-0.15, -0.1) is 0 Å². The zero-order valence-corrected chi connectivity index (χ0v) is 19.0. The minimum Gasteiger partial charge on any atom is -0.373 e. The SMILES string of the molecule is CN1CCNCc2cc(Nc3ncc(Cl)c(Nc4ccccc4CNS(=O)O)n3)ccc21. The molecule has 0 bridgehead atoms. The van der Waals surface area contributed by atoms with E-state index in [1.165, 1.54) is 17.4 Å². The van der Waals surface area contributed by atoms with Crippen molar-refractivity contribution in [2.75, 3.05) is 35.7 Å². The highest BCUT2D eigenvalue weighted by Gasteiger charge is 2.13. The Hall–Kier alpha value is -2.76. The maximum atomic E-state index is 11.0. The van der Waals surface area contributed by atoms with Crippen LogP contribution in [0.25, 0.3) is 0 Å². The van der Waals surface area contributed by atoms with Gasteiger partial charge >= 0.3 is 0 Å². The molecule has 0 amide bonds. The fraction of sp³-hybridized carbons (Fsp3) is 0.238. The van der Waals surface area contributed by atoms with Crippen LogP contribution < -0.4 is 25.6 Å². The Morgan fingerprint density at radius 3 is 2.94 bits per heavy atom. The van der Waals surface area contributed by atoms with E-state index in [1.807, 2.05) is 30.3 Å². The highest BCUT2D eigenvalue weighted by atomic mass is 35.5. The molecule has 0 radical (unpaired) electrons. The van der Waals surface area contributed by atoms with Crippen LogP contribution in [0.15, 0.2) is 48.7 Å². The van der Waals surface area contributed by atoms with Gasteiger partial charge in [-0.05, 0) is 35.4 Å². The first kappa shape index (κ1) is 22.4. The largest absolute Gasteiger partial charge is 0.373 e. The number of para-hydroxylation sites is 1. The summed E-state index contributed by atoms with van der Waals surface area (Å²) in [4.78, 5) is 11.1. The summed E-state index contributed by atoms with van der Waals surface area (Å²) in [5.74, 6) is 0.830. The van der Waals surface area contributed by atoms with Gasteiger partial charge in [0, 0.05) is 50.3 Å². The number of halogens is 1. The summed E-state index contributed by atoms with van der Waals surface area (Å²) in [6.07, 6.45) is 1.53. The molecule has 32 heavy (non-hydrogen) atoms. The Morgan fingerprint density at radius 2 is 2.09 bits per heavy atom. The van der Waals surface area contributed by atoms with Crippen LogP contribution in [-0.4, -0.2) is 38.9 Å². The number of rotatable bonds is 7. The number of hydrogen-bond acceptors (Lipinski definition) is 7. The Kier molecular flexibility index (Phi) is 7.18. The smallest absolute Gasteiger partial charge is 0.232 e. The van der Waals surface area contributed by atoms with Crippen molar-refractivity contribution in [2.45, 2.75) is 13.1 Å². The number of likely N-dealkylation sites (N-methyl/N-ethyl adjacent to an activating group) is 1. The molecular formula is C21H24ClN7O2S. The van der Waals surface area contributed by atoms with Crippen LogP contribution in [-0.2, 0) is 24.4 Å². The van der Waals surface area contributed by atoms with Gasteiger partial charge in [0.1, 0.15) is 5.02 Å². The van der Waals surface area contributed by atoms with Crippen molar-refractivity contribution in [2.24, 2.45) is 0 Å². The first-order valence-corrected chi connectivity index (χ1v) is 11.5. The first-order chi connectivity index (χ1) is 15.5. The van der Waals surface area contributed by atoms with Gasteiger partial charge in [-0.1, -0.05) is 29.8 Å². The van der Waals surface area contributed by atoms with Crippen molar-refractivity contribution in [3.05, 3.63) is 64.8 Å². The van der Waals surface area contributed by atoms with Gasteiger partial charge in [0.05, 0.1) is 6.20 Å². The van der Waals surface area contributed by atoms with Gasteiger partial charge in [-0.2, -0.15) is 4.98 Å². The topological polar surface area (TPSA) is 114 Å². The molecule has 3 aromatic rings. The van der Waals surface area contributed by atoms with E-state index in [9.17, 15) is 4.21 Å². The predicted octanol–water partition coefficient (Wildman–Crippen LogP) is 3.38. The Balaban J connectivity index is 1.54. The zero-order valence-electron chi connectivity index (χ0n) is 17.4. The molecule has 0 saturated carbocycles. The van der Waals surface area contributed by atoms with Gasteiger partial charge < -0.3 is 20.9 Å². The van der Waals surface area contributed by atoms with Crippen molar-refractivity contribution in [1.82, 2.24) is 20.0 Å². The fourth-order valence-electron chi connectivity index (χ4n) is 3.48. The van der Waals surface area contributed by atoms with Gasteiger partial charge in [0.15, 0.2) is 5.82 Å². The lowest BCUT2D eigenvalue weighted by Gasteiger charge is -2.19. The molecule has 4 rings (SSSR count). The second-order valence-corrected chi connectivity index (χ2v) is 8.50. The van der Waals surface area contributed by atoms with E-state index in [-0.39, 0.29) is 6.54 Å². The average Bonchev–Trinajstić information content (AvgIpc) is 2.96. The van der Waals surface area contributed by atoms with Crippen molar-refractivity contribution in [3.63, 3.8) is 0 Å². The molecule has 1 aromatic heterocycles. The molecule has 5 N–H and O–H groups in total. The minimum atomic E-state index is -2.10. The second-order valence-electron chi connectivity index (χ2n) is 7.31. The third-order valence-corrected chi connectivity index (χ3v) is 5.75. The summed E-state index contributed by atoms with van der Waals surface area (Å²) in [5, 5.41) is 10.2. The van der Waals surface area contributed by atoms with Crippen LogP contribution in [0.4, 0.5) is 28.8 Å². The van der Waals surface area contributed by atoms with Crippen LogP contribution >= 0.6 is 11.6 Å². The molecule has 1 aliphatic heterocycles. The molecule has 168 valence electrons. The van der Waals surface area contributed by atoms with Crippen molar-refractivity contribution >= 4 is 51.7 Å². The molecule has 0 fully saturated rings. The summed E-state index contributed by atoms with van der Waals surface area (Å²) in [7, 11) is 2.09. The number of hydrogen-bond donors (Lipinski definition) is 5. The van der Waals surface area contributed by atoms with E-state index in [1.54, 1.807) is 0 Å². The van der Waals surface area contributed by atoms with E-state index < -0.39 is 11.3 Å². The van der Waals surface area contributed by atoms with E-state index in [2.05, 4.69) is 54.7 Å². The standard InChI is InChI=1S/C21H24ClN7O2S/c1-29-9-8-23-11-15-10-16(6-7-19(15)29)26-21-24-13-17(22)20(28-21)27-18-5-3-2-4-14(18)12-25-32(30)31/h2-7,10,13,23,25H,8-9,11-12H2,1H3,(H,30,31)(H2,24,26,27,28). The van der Waals surface area contributed by atoms with Gasteiger partial charge in [0.2, 0.25) is 17.2 Å². The summed E-state index contributed by atoms with van der Waals surface area (Å²) in [6, 6.07) is 13.6.